The lowest BCUT2D eigenvalue weighted by atomic mass is 10.2. The average Bonchev–Trinajstić information content (AvgIpc) is 3.01. The maximum atomic E-state index is 12.7. The van der Waals surface area contributed by atoms with E-state index in [0.29, 0.717) is 27.3 Å². The smallest absolute Gasteiger partial charge is 0.265 e. The molecule has 1 amide bonds. The molecule has 0 aliphatic heterocycles. The van der Waals surface area contributed by atoms with E-state index < -0.39 is 17.2 Å². The number of carbonyl (C=O) groups is 1. The highest BCUT2D eigenvalue weighted by Gasteiger charge is 2.18. The Kier molecular flexibility index (Phi) is 6.57. The third-order valence-electron chi connectivity index (χ3n) is 4.10. The number of hydrogen-bond donors (Lipinski definition) is 2. The molecule has 12 heteroatoms. The Morgan fingerprint density at radius 2 is 1.71 bits per heavy atom. The van der Waals surface area contributed by atoms with Gasteiger partial charge < -0.3 is 9.88 Å². The van der Waals surface area contributed by atoms with E-state index in [1.165, 1.54) is 29.5 Å². The second kappa shape index (κ2) is 8.70. The molecule has 0 saturated heterocycles. The number of anilines is 2. The van der Waals surface area contributed by atoms with E-state index in [1.54, 1.807) is 31.8 Å². The first-order valence-corrected chi connectivity index (χ1v) is 14.6. The van der Waals surface area contributed by atoms with Crippen LogP contribution in [0.25, 0.3) is 11.4 Å². The predicted molar refractivity (Wildman–Crippen MR) is 127 cm³/mol. The first kappa shape index (κ1) is 23.4. The molecular formula is C19H20ClN4O4PS2. The highest BCUT2D eigenvalue weighted by atomic mass is 35.5. The minimum absolute atomic E-state index is 0.242. The van der Waals surface area contributed by atoms with Crippen molar-refractivity contribution in [3.8, 4) is 11.4 Å². The van der Waals surface area contributed by atoms with Gasteiger partial charge in [-0.1, -0.05) is 11.6 Å². The van der Waals surface area contributed by atoms with E-state index in [4.69, 9.17) is 11.6 Å². The van der Waals surface area contributed by atoms with Crippen molar-refractivity contribution in [1.29, 1.82) is 0 Å². The molecule has 0 fully saturated rings. The number of aromatic nitrogens is 2. The summed E-state index contributed by atoms with van der Waals surface area (Å²) >= 11 is 7.32. The molecule has 2 heterocycles. The van der Waals surface area contributed by atoms with Crippen LogP contribution in [0.2, 0.25) is 5.02 Å². The van der Waals surface area contributed by atoms with Crippen molar-refractivity contribution in [2.24, 2.45) is 0 Å². The molecule has 3 rings (SSSR count). The fourth-order valence-corrected chi connectivity index (χ4v) is 5.05. The molecular weight excluding hydrogens is 479 g/mol. The van der Waals surface area contributed by atoms with E-state index >= 15 is 0 Å². The lowest BCUT2D eigenvalue weighted by molar-refractivity contribution is 0.103. The van der Waals surface area contributed by atoms with Gasteiger partial charge in [0.25, 0.3) is 5.91 Å². The molecule has 0 bridgehead atoms. The molecule has 0 radical (unpaired) electrons. The Bertz CT molecular complexity index is 1300. The number of amides is 1. The van der Waals surface area contributed by atoms with Crippen LogP contribution in [0.1, 0.15) is 14.5 Å². The first-order valence-electron chi connectivity index (χ1n) is 8.90. The summed E-state index contributed by atoms with van der Waals surface area (Å²) in [5, 5.41) is 3.57. The molecule has 0 atom stereocenters. The fraction of sp³-hybridized carbons (Fsp3) is 0.211. The zero-order valence-electron chi connectivity index (χ0n) is 17.1. The van der Waals surface area contributed by atoms with Crippen LogP contribution in [0.4, 0.5) is 11.4 Å². The van der Waals surface area contributed by atoms with Gasteiger partial charge in [-0.05, 0) is 44.5 Å². The molecule has 1 aromatic carbocycles. The quantitative estimate of drug-likeness (QED) is 0.495. The second-order valence-corrected chi connectivity index (χ2v) is 13.9. The normalized spacial score (nSPS) is 11.9. The third-order valence-corrected chi connectivity index (χ3v) is 7.45. The lowest BCUT2D eigenvalue weighted by Crippen LogP contribution is -2.12. The van der Waals surface area contributed by atoms with Crippen molar-refractivity contribution < 1.29 is 17.8 Å². The van der Waals surface area contributed by atoms with E-state index in [9.17, 15) is 17.8 Å². The van der Waals surface area contributed by atoms with Gasteiger partial charge in [0.2, 0.25) is 10.0 Å². The number of hydrogen-bond acceptors (Lipinski definition) is 7. The minimum atomic E-state index is -3.49. The van der Waals surface area contributed by atoms with Gasteiger partial charge in [-0.15, -0.1) is 11.3 Å². The molecule has 0 aliphatic rings. The van der Waals surface area contributed by atoms with Gasteiger partial charge >= 0.3 is 0 Å². The van der Waals surface area contributed by atoms with Gasteiger partial charge in [-0.25, -0.2) is 18.4 Å². The summed E-state index contributed by atoms with van der Waals surface area (Å²) in [6, 6.07) is 6.12. The average molecular weight is 499 g/mol. The minimum Gasteiger partial charge on any atom is -0.321 e. The van der Waals surface area contributed by atoms with Crippen molar-refractivity contribution in [2.75, 3.05) is 29.6 Å². The van der Waals surface area contributed by atoms with Gasteiger partial charge in [-0.3, -0.25) is 9.52 Å². The molecule has 164 valence electrons. The predicted octanol–water partition coefficient (Wildman–Crippen LogP) is 4.04. The Labute approximate surface area is 189 Å². The third kappa shape index (κ3) is 6.13. The number of sulfonamides is 1. The second-order valence-electron chi connectivity index (χ2n) is 7.25. The molecule has 0 unspecified atom stereocenters. The zero-order valence-corrected chi connectivity index (χ0v) is 20.4. The molecule has 2 aromatic heterocycles. The van der Waals surface area contributed by atoms with Gasteiger partial charge in [0, 0.05) is 38.8 Å². The molecule has 2 N–H and O–H groups in total. The zero-order chi connectivity index (χ0) is 23.0. The van der Waals surface area contributed by atoms with Gasteiger partial charge in [-0.2, -0.15) is 0 Å². The summed E-state index contributed by atoms with van der Waals surface area (Å²) < 4.78 is 37.4. The Balaban J connectivity index is 1.84. The largest absolute Gasteiger partial charge is 0.321 e. The number of carbonyl (C=O) groups excluding carboxylic acids is 1. The van der Waals surface area contributed by atoms with Crippen LogP contribution in [0.3, 0.4) is 0 Å². The van der Waals surface area contributed by atoms with Crippen LogP contribution < -0.4 is 15.3 Å². The van der Waals surface area contributed by atoms with E-state index in [2.05, 4.69) is 20.0 Å². The fourth-order valence-electron chi connectivity index (χ4n) is 2.68. The Morgan fingerprint density at radius 1 is 1.10 bits per heavy atom. The maximum absolute atomic E-state index is 12.7. The SMILES string of the molecule is Cc1sc(C(=O)Nc2cc(Cl)cc(NS(C)(=O)=O)c2)cc1-c1ncc(P(C)(C)=O)cn1. The van der Waals surface area contributed by atoms with Crippen molar-refractivity contribution in [3.63, 3.8) is 0 Å². The van der Waals surface area contributed by atoms with Crippen LogP contribution in [0, 0.1) is 6.92 Å². The Hall–Kier alpha value is -2.26. The molecule has 31 heavy (non-hydrogen) atoms. The van der Waals surface area contributed by atoms with Crippen LogP contribution >= 0.6 is 30.1 Å². The van der Waals surface area contributed by atoms with E-state index in [-0.39, 0.29) is 16.6 Å². The topological polar surface area (TPSA) is 118 Å². The van der Waals surface area contributed by atoms with Gasteiger partial charge in [0.15, 0.2) is 5.82 Å². The number of benzene rings is 1. The summed E-state index contributed by atoms with van der Waals surface area (Å²) in [7, 11) is -5.94. The molecule has 0 aliphatic carbocycles. The van der Waals surface area contributed by atoms with E-state index in [0.717, 1.165) is 11.1 Å². The van der Waals surface area contributed by atoms with Crippen molar-refractivity contribution in [3.05, 3.63) is 51.4 Å². The summed E-state index contributed by atoms with van der Waals surface area (Å²) in [6.07, 6.45) is 4.11. The molecule has 0 spiro atoms. The molecule has 8 nitrogen and oxygen atoms in total. The summed E-state index contributed by atoms with van der Waals surface area (Å²) in [5.74, 6) is 0.0579. The molecule has 0 saturated carbocycles. The number of thiophene rings is 1. The van der Waals surface area contributed by atoms with Crippen molar-refractivity contribution in [1.82, 2.24) is 9.97 Å². The van der Waals surface area contributed by atoms with Crippen LogP contribution in [0.5, 0.6) is 0 Å². The highest BCUT2D eigenvalue weighted by molar-refractivity contribution is 7.92. The van der Waals surface area contributed by atoms with Crippen molar-refractivity contribution in [2.45, 2.75) is 6.92 Å². The first-order chi connectivity index (χ1) is 14.3. The standard InChI is InChI=1S/C19H20ClN4O4PS2/c1-11-16(18-21-9-15(10-22-18)29(2,3)26)8-17(30-11)19(25)23-13-5-12(20)6-14(7-13)24-31(4,27)28/h5-10,24H,1-4H3,(H,23,25). The highest BCUT2D eigenvalue weighted by Crippen LogP contribution is 2.35. The number of nitrogens with zero attached hydrogens (tertiary/aromatic N) is 2. The van der Waals surface area contributed by atoms with Gasteiger partial charge in [0.1, 0.15) is 7.14 Å². The number of nitrogens with one attached hydrogen (secondary N) is 2. The lowest BCUT2D eigenvalue weighted by Gasteiger charge is -2.09. The van der Waals surface area contributed by atoms with Crippen LogP contribution in [-0.4, -0.2) is 43.9 Å². The van der Waals surface area contributed by atoms with Crippen LogP contribution in [0.15, 0.2) is 36.7 Å². The van der Waals surface area contributed by atoms with E-state index in [1.807, 2.05) is 6.92 Å². The van der Waals surface area contributed by atoms with Crippen LogP contribution in [-0.2, 0) is 14.6 Å². The number of halogens is 1. The van der Waals surface area contributed by atoms with Crippen molar-refractivity contribution >= 4 is 62.7 Å². The number of aryl methyl sites for hydroxylation is 1. The Morgan fingerprint density at radius 3 is 2.29 bits per heavy atom. The summed E-state index contributed by atoms with van der Waals surface area (Å²) in [4.78, 5) is 22.6. The maximum Gasteiger partial charge on any atom is 0.265 e. The summed E-state index contributed by atoms with van der Waals surface area (Å²) in [5.41, 5.74) is 1.29. The van der Waals surface area contributed by atoms with Gasteiger partial charge in [0.05, 0.1) is 16.8 Å². The summed E-state index contributed by atoms with van der Waals surface area (Å²) in [6.45, 7) is 5.15. The number of rotatable bonds is 6. The monoisotopic (exact) mass is 498 g/mol. The molecule has 3 aromatic rings.